The molecule has 2 aromatic rings. The molecule has 3 rings (SSSR count). The molecule has 6 nitrogen and oxygen atoms in total. The summed E-state index contributed by atoms with van der Waals surface area (Å²) in [6.07, 6.45) is 1.72. The molecular weight excluding hydrogens is 388 g/mol. The number of carbonyl (C=O) groups is 1. The van der Waals surface area contributed by atoms with E-state index in [1.807, 2.05) is 6.92 Å². The first-order chi connectivity index (χ1) is 12.8. The fraction of sp³-hybridized carbons (Fsp3) is 0.211. The minimum absolute atomic E-state index is 0.0818. The summed E-state index contributed by atoms with van der Waals surface area (Å²) >= 11 is 5.96. The summed E-state index contributed by atoms with van der Waals surface area (Å²) in [5.74, 6) is 0.358. The Morgan fingerprint density at radius 3 is 2.63 bits per heavy atom. The van der Waals surface area contributed by atoms with Crippen LogP contribution in [0.15, 0.2) is 52.9 Å². The Balaban J connectivity index is 1.53. The Hall–Kier alpha value is -2.35. The van der Waals surface area contributed by atoms with Crippen LogP contribution in [0.25, 0.3) is 6.08 Å². The van der Waals surface area contributed by atoms with E-state index in [9.17, 15) is 13.2 Å². The highest BCUT2D eigenvalue weighted by Crippen LogP contribution is 2.28. The van der Waals surface area contributed by atoms with Crippen LogP contribution in [0, 0.1) is 6.92 Å². The summed E-state index contributed by atoms with van der Waals surface area (Å²) in [6.45, 7) is 2.27. The predicted octanol–water partition coefficient (Wildman–Crippen LogP) is 2.52. The van der Waals surface area contributed by atoms with Crippen LogP contribution in [-0.4, -0.2) is 34.0 Å². The van der Waals surface area contributed by atoms with E-state index in [1.165, 1.54) is 0 Å². The van der Waals surface area contributed by atoms with Gasteiger partial charge in [-0.15, -0.1) is 0 Å². The maximum Gasteiger partial charge on any atom is 0.250 e. The number of halogens is 1. The molecule has 0 spiro atoms. The van der Waals surface area contributed by atoms with Crippen LogP contribution in [0.1, 0.15) is 11.1 Å². The van der Waals surface area contributed by atoms with Gasteiger partial charge in [0.1, 0.15) is 12.4 Å². The van der Waals surface area contributed by atoms with Crippen LogP contribution in [0.2, 0.25) is 5.02 Å². The summed E-state index contributed by atoms with van der Waals surface area (Å²) in [4.78, 5) is 12.4. The summed E-state index contributed by atoms with van der Waals surface area (Å²) in [7, 11) is -3.60. The molecular formula is C19H19ClN2O4S. The number of benzene rings is 2. The molecule has 0 atom stereocenters. The van der Waals surface area contributed by atoms with Crippen LogP contribution < -0.4 is 14.8 Å². The molecule has 0 saturated heterocycles. The highest BCUT2D eigenvalue weighted by atomic mass is 35.5. The lowest BCUT2D eigenvalue weighted by Crippen LogP contribution is -2.36. The number of sulfonamides is 1. The number of ether oxygens (including phenoxy) is 1. The van der Waals surface area contributed by atoms with Crippen molar-refractivity contribution in [3.63, 3.8) is 0 Å². The van der Waals surface area contributed by atoms with Crippen molar-refractivity contribution >= 4 is 33.6 Å². The topological polar surface area (TPSA) is 84.5 Å². The van der Waals surface area contributed by atoms with Gasteiger partial charge in [0.25, 0.3) is 5.91 Å². The molecule has 27 heavy (non-hydrogen) atoms. The molecule has 2 N–H and O–H groups in total. The fourth-order valence-electron chi connectivity index (χ4n) is 2.56. The molecule has 0 fully saturated rings. The van der Waals surface area contributed by atoms with Crippen molar-refractivity contribution in [2.24, 2.45) is 0 Å². The standard InChI is InChI=1S/C19H19ClN2O4S/c1-13-2-5-17(6-3-13)27(24,25)22-9-8-21-19(23)15-10-14-11-16(20)4-7-18(14)26-12-15/h2-7,10-11,22H,8-9,12H2,1H3,(H,21,23). The lowest BCUT2D eigenvalue weighted by Gasteiger charge is -2.18. The van der Waals surface area contributed by atoms with Gasteiger partial charge in [-0.25, -0.2) is 13.1 Å². The van der Waals surface area contributed by atoms with Gasteiger partial charge in [0, 0.05) is 23.7 Å². The quantitative estimate of drug-likeness (QED) is 0.722. The largest absolute Gasteiger partial charge is 0.488 e. The second-order valence-electron chi connectivity index (χ2n) is 6.11. The van der Waals surface area contributed by atoms with Crippen LogP contribution in [0.5, 0.6) is 5.75 Å². The van der Waals surface area contributed by atoms with E-state index in [1.54, 1.807) is 48.5 Å². The molecule has 1 aliphatic heterocycles. The van der Waals surface area contributed by atoms with E-state index in [0.717, 1.165) is 11.1 Å². The second kappa shape index (κ2) is 8.12. The normalized spacial score (nSPS) is 13.3. The summed E-state index contributed by atoms with van der Waals surface area (Å²) in [6, 6.07) is 11.7. The SMILES string of the molecule is Cc1ccc(S(=O)(=O)NCCNC(=O)C2=Cc3cc(Cl)ccc3OC2)cc1. The summed E-state index contributed by atoms with van der Waals surface area (Å²) in [5, 5.41) is 3.24. The van der Waals surface area contributed by atoms with E-state index in [4.69, 9.17) is 16.3 Å². The summed E-state index contributed by atoms with van der Waals surface area (Å²) < 4.78 is 32.4. The van der Waals surface area contributed by atoms with Gasteiger partial charge in [-0.05, 0) is 43.3 Å². The van der Waals surface area contributed by atoms with Gasteiger partial charge < -0.3 is 10.1 Å². The van der Waals surface area contributed by atoms with Gasteiger partial charge in [-0.3, -0.25) is 4.79 Å². The number of aryl methyl sites for hydroxylation is 1. The van der Waals surface area contributed by atoms with Gasteiger partial charge in [0.2, 0.25) is 10.0 Å². The number of rotatable bonds is 6. The van der Waals surface area contributed by atoms with Crippen molar-refractivity contribution in [1.29, 1.82) is 0 Å². The molecule has 1 amide bonds. The average molecular weight is 407 g/mol. The van der Waals surface area contributed by atoms with Crippen molar-refractivity contribution in [3.05, 3.63) is 64.2 Å². The van der Waals surface area contributed by atoms with Crippen LogP contribution >= 0.6 is 11.6 Å². The minimum Gasteiger partial charge on any atom is -0.488 e. The van der Waals surface area contributed by atoms with Crippen molar-refractivity contribution in [2.75, 3.05) is 19.7 Å². The Morgan fingerprint density at radius 1 is 1.15 bits per heavy atom. The zero-order valence-corrected chi connectivity index (χ0v) is 16.2. The highest BCUT2D eigenvalue weighted by molar-refractivity contribution is 7.89. The maximum atomic E-state index is 12.3. The Labute approximate surface area is 163 Å². The van der Waals surface area contributed by atoms with E-state index >= 15 is 0 Å². The van der Waals surface area contributed by atoms with Crippen LogP contribution in [-0.2, 0) is 14.8 Å². The molecule has 2 aromatic carbocycles. The number of hydrogen-bond donors (Lipinski definition) is 2. The first kappa shape index (κ1) is 19.4. The van der Waals surface area contributed by atoms with Crippen molar-refractivity contribution in [1.82, 2.24) is 10.0 Å². The van der Waals surface area contributed by atoms with Crippen molar-refractivity contribution in [3.8, 4) is 5.75 Å². The molecule has 0 unspecified atom stereocenters. The number of carbonyl (C=O) groups excluding carboxylic acids is 1. The Kier molecular flexibility index (Phi) is 5.84. The number of amides is 1. The molecule has 0 aliphatic carbocycles. The zero-order chi connectivity index (χ0) is 19.4. The van der Waals surface area contributed by atoms with Crippen LogP contribution in [0.3, 0.4) is 0 Å². The lowest BCUT2D eigenvalue weighted by atomic mass is 10.1. The molecule has 8 heteroatoms. The van der Waals surface area contributed by atoms with E-state index in [0.29, 0.717) is 16.3 Å². The van der Waals surface area contributed by atoms with Gasteiger partial charge in [-0.2, -0.15) is 0 Å². The van der Waals surface area contributed by atoms with Gasteiger partial charge >= 0.3 is 0 Å². The van der Waals surface area contributed by atoms with Gasteiger partial charge in [0.15, 0.2) is 0 Å². The average Bonchev–Trinajstić information content (AvgIpc) is 2.64. The van der Waals surface area contributed by atoms with E-state index in [2.05, 4.69) is 10.0 Å². The molecule has 0 radical (unpaired) electrons. The molecule has 1 aliphatic rings. The molecule has 0 aromatic heterocycles. The molecule has 142 valence electrons. The highest BCUT2D eigenvalue weighted by Gasteiger charge is 2.18. The van der Waals surface area contributed by atoms with Crippen molar-refractivity contribution < 1.29 is 17.9 Å². The van der Waals surface area contributed by atoms with Crippen LogP contribution in [0.4, 0.5) is 0 Å². The minimum atomic E-state index is -3.60. The van der Waals surface area contributed by atoms with Gasteiger partial charge in [-0.1, -0.05) is 29.3 Å². The summed E-state index contributed by atoms with van der Waals surface area (Å²) in [5.41, 5.74) is 2.16. The molecule has 1 heterocycles. The smallest absolute Gasteiger partial charge is 0.250 e. The third kappa shape index (κ3) is 4.88. The van der Waals surface area contributed by atoms with E-state index in [-0.39, 0.29) is 30.5 Å². The van der Waals surface area contributed by atoms with Crippen molar-refractivity contribution in [2.45, 2.75) is 11.8 Å². The Bertz CT molecular complexity index is 985. The third-order valence-electron chi connectivity index (χ3n) is 4.01. The maximum absolute atomic E-state index is 12.3. The van der Waals surface area contributed by atoms with E-state index < -0.39 is 10.0 Å². The first-order valence-corrected chi connectivity index (χ1v) is 10.2. The number of nitrogens with one attached hydrogen (secondary N) is 2. The molecule has 0 saturated carbocycles. The predicted molar refractivity (Wildman–Crippen MR) is 104 cm³/mol. The zero-order valence-electron chi connectivity index (χ0n) is 14.7. The number of fused-ring (bicyclic) bond motifs is 1. The van der Waals surface area contributed by atoms with Gasteiger partial charge in [0.05, 0.1) is 10.5 Å². The Morgan fingerprint density at radius 2 is 1.89 bits per heavy atom. The first-order valence-electron chi connectivity index (χ1n) is 8.32. The monoisotopic (exact) mass is 406 g/mol. The molecule has 0 bridgehead atoms. The third-order valence-corrected chi connectivity index (χ3v) is 5.72. The second-order valence-corrected chi connectivity index (χ2v) is 8.31. The number of hydrogen-bond acceptors (Lipinski definition) is 4. The lowest BCUT2D eigenvalue weighted by molar-refractivity contribution is -0.117. The fourth-order valence-corrected chi connectivity index (χ4v) is 3.77.